The highest BCUT2D eigenvalue weighted by molar-refractivity contribution is 5.86. The number of carbonyl (C=O) groups excluding carboxylic acids is 2. The van der Waals surface area contributed by atoms with Gasteiger partial charge in [-0.15, -0.1) is 0 Å². The first-order chi connectivity index (χ1) is 10.6. The van der Waals surface area contributed by atoms with Gasteiger partial charge < -0.3 is 11.1 Å². The molecule has 0 aromatic heterocycles. The second kappa shape index (κ2) is 8.54. The zero-order valence-electron chi connectivity index (χ0n) is 14.0. The number of amides is 2. The van der Waals surface area contributed by atoms with Crippen molar-refractivity contribution in [2.75, 3.05) is 6.54 Å². The summed E-state index contributed by atoms with van der Waals surface area (Å²) in [5, 5.41) is 2.92. The molecule has 0 bridgehead atoms. The Morgan fingerprint density at radius 1 is 1.05 bits per heavy atom. The Labute approximate surface area is 134 Å². The minimum atomic E-state index is -0.284. The van der Waals surface area contributed by atoms with E-state index < -0.39 is 0 Å². The molecule has 3 N–H and O–H groups in total. The van der Waals surface area contributed by atoms with Crippen LogP contribution in [-0.2, 0) is 9.59 Å². The van der Waals surface area contributed by atoms with Crippen molar-refractivity contribution in [3.8, 4) is 0 Å². The van der Waals surface area contributed by atoms with E-state index in [1.807, 2.05) is 6.92 Å². The average molecular weight is 308 g/mol. The largest absolute Gasteiger partial charge is 0.369 e. The molecule has 22 heavy (non-hydrogen) atoms. The first kappa shape index (κ1) is 17.3. The van der Waals surface area contributed by atoms with E-state index in [9.17, 15) is 9.59 Å². The van der Waals surface area contributed by atoms with Gasteiger partial charge in [-0.05, 0) is 38.0 Å². The molecule has 0 aliphatic heterocycles. The molecule has 2 amide bonds. The Hall–Kier alpha value is -1.06. The van der Waals surface area contributed by atoms with Crippen molar-refractivity contribution in [3.05, 3.63) is 0 Å². The molecule has 2 atom stereocenters. The van der Waals surface area contributed by atoms with Crippen LogP contribution in [0, 0.1) is 23.7 Å². The van der Waals surface area contributed by atoms with E-state index in [0.717, 1.165) is 25.2 Å². The van der Waals surface area contributed by atoms with Gasteiger partial charge in [0.05, 0.1) is 0 Å². The topological polar surface area (TPSA) is 72.2 Å². The molecular formula is C18H32N2O2. The van der Waals surface area contributed by atoms with Gasteiger partial charge in [0, 0.05) is 18.4 Å². The quantitative estimate of drug-likeness (QED) is 0.687. The van der Waals surface area contributed by atoms with Crippen LogP contribution in [0.1, 0.15) is 71.1 Å². The number of hydrogen-bond acceptors (Lipinski definition) is 2. The highest BCUT2D eigenvalue weighted by atomic mass is 16.2. The smallest absolute Gasteiger partial charge is 0.223 e. The number of nitrogens with two attached hydrogens (primary N) is 1. The minimum absolute atomic E-state index is 0.0321. The van der Waals surface area contributed by atoms with E-state index in [1.54, 1.807) is 0 Å². The Morgan fingerprint density at radius 2 is 1.68 bits per heavy atom. The molecule has 0 spiro atoms. The fraction of sp³-hybridized carbons (Fsp3) is 0.889. The van der Waals surface area contributed by atoms with Crippen LogP contribution in [0.3, 0.4) is 0 Å². The zero-order chi connectivity index (χ0) is 15.9. The van der Waals surface area contributed by atoms with Crippen LogP contribution in [-0.4, -0.2) is 18.4 Å². The summed E-state index contributed by atoms with van der Waals surface area (Å²) in [6.07, 6.45) is 11.5. The molecule has 4 heteroatoms. The first-order valence-electron chi connectivity index (χ1n) is 9.18. The summed E-state index contributed by atoms with van der Waals surface area (Å²) in [5.74, 6) is 0.594. The summed E-state index contributed by atoms with van der Waals surface area (Å²) in [7, 11) is 0. The average Bonchev–Trinajstić information content (AvgIpc) is 2.93. The Morgan fingerprint density at radius 3 is 2.18 bits per heavy atom. The molecular weight excluding hydrogens is 276 g/mol. The zero-order valence-corrected chi connectivity index (χ0v) is 14.0. The molecule has 0 unspecified atom stereocenters. The molecule has 2 rings (SSSR count). The molecule has 2 saturated carbocycles. The highest BCUT2D eigenvalue weighted by Crippen LogP contribution is 2.37. The number of nitrogens with one attached hydrogen (secondary N) is 1. The predicted molar refractivity (Wildman–Crippen MR) is 88.0 cm³/mol. The third-order valence-electron chi connectivity index (χ3n) is 5.71. The monoisotopic (exact) mass is 308 g/mol. The normalized spacial score (nSPS) is 22.0. The standard InChI is InChI=1S/C18H32N2O2/c1-2-20-18(22)16(12-14-8-5-9-14)15(17(19)21)11-10-13-6-3-4-7-13/h13-16H,2-12H2,1H3,(H2,19,21)(H,20,22)/t15-,16+/m0/s1. The number of primary amides is 1. The summed E-state index contributed by atoms with van der Waals surface area (Å²) in [6, 6.07) is 0. The van der Waals surface area contributed by atoms with Crippen LogP contribution in [0.25, 0.3) is 0 Å². The molecule has 0 saturated heterocycles. The molecule has 2 fully saturated rings. The van der Waals surface area contributed by atoms with E-state index in [4.69, 9.17) is 5.73 Å². The van der Waals surface area contributed by atoms with Crippen molar-refractivity contribution >= 4 is 11.8 Å². The van der Waals surface area contributed by atoms with Gasteiger partial charge in [0.1, 0.15) is 0 Å². The van der Waals surface area contributed by atoms with Crippen LogP contribution in [0.15, 0.2) is 0 Å². The number of carbonyl (C=O) groups is 2. The molecule has 0 radical (unpaired) electrons. The molecule has 0 heterocycles. The van der Waals surface area contributed by atoms with Crippen LogP contribution in [0.5, 0.6) is 0 Å². The van der Waals surface area contributed by atoms with E-state index in [0.29, 0.717) is 12.5 Å². The van der Waals surface area contributed by atoms with Gasteiger partial charge >= 0.3 is 0 Å². The van der Waals surface area contributed by atoms with Crippen molar-refractivity contribution in [2.45, 2.75) is 71.1 Å². The van der Waals surface area contributed by atoms with Gasteiger partial charge in [-0.3, -0.25) is 9.59 Å². The summed E-state index contributed by atoms with van der Waals surface area (Å²) >= 11 is 0. The fourth-order valence-electron chi connectivity index (χ4n) is 4.10. The van der Waals surface area contributed by atoms with Crippen molar-refractivity contribution in [2.24, 2.45) is 29.4 Å². The SMILES string of the molecule is CCNC(=O)[C@H](CC1CCC1)[C@H](CCC1CCCC1)C(N)=O. The van der Waals surface area contributed by atoms with Crippen molar-refractivity contribution in [1.82, 2.24) is 5.32 Å². The molecule has 0 aromatic carbocycles. The molecule has 2 aliphatic carbocycles. The van der Waals surface area contributed by atoms with Gasteiger partial charge in [0.15, 0.2) is 0 Å². The summed E-state index contributed by atoms with van der Waals surface area (Å²) in [6.45, 7) is 2.55. The third kappa shape index (κ3) is 4.72. The highest BCUT2D eigenvalue weighted by Gasteiger charge is 2.35. The van der Waals surface area contributed by atoms with Gasteiger partial charge in [-0.2, -0.15) is 0 Å². The third-order valence-corrected chi connectivity index (χ3v) is 5.71. The summed E-state index contributed by atoms with van der Waals surface area (Å²) < 4.78 is 0. The van der Waals surface area contributed by atoms with Crippen LogP contribution >= 0.6 is 0 Å². The van der Waals surface area contributed by atoms with Gasteiger partial charge in [-0.25, -0.2) is 0 Å². The van der Waals surface area contributed by atoms with Crippen LogP contribution < -0.4 is 11.1 Å². The van der Waals surface area contributed by atoms with E-state index in [2.05, 4.69) is 5.32 Å². The maximum absolute atomic E-state index is 12.4. The predicted octanol–water partition coefficient (Wildman–Crippen LogP) is 3.00. The van der Waals surface area contributed by atoms with Crippen molar-refractivity contribution in [3.63, 3.8) is 0 Å². The lowest BCUT2D eigenvalue weighted by molar-refractivity contribution is -0.134. The van der Waals surface area contributed by atoms with Gasteiger partial charge in [0.2, 0.25) is 11.8 Å². The second-order valence-corrected chi connectivity index (χ2v) is 7.27. The van der Waals surface area contributed by atoms with Crippen LogP contribution in [0.2, 0.25) is 0 Å². The van der Waals surface area contributed by atoms with E-state index >= 15 is 0 Å². The molecule has 0 aromatic rings. The van der Waals surface area contributed by atoms with Crippen LogP contribution in [0.4, 0.5) is 0 Å². The Bertz CT molecular complexity index is 373. The van der Waals surface area contributed by atoms with E-state index in [1.165, 1.54) is 44.9 Å². The number of rotatable bonds is 9. The lowest BCUT2D eigenvalue weighted by atomic mass is 9.73. The Kier molecular flexibility index (Phi) is 6.71. The van der Waals surface area contributed by atoms with Gasteiger partial charge in [-0.1, -0.05) is 44.9 Å². The molecule has 126 valence electrons. The maximum atomic E-state index is 12.4. The lowest BCUT2D eigenvalue weighted by Crippen LogP contribution is -2.42. The summed E-state index contributed by atoms with van der Waals surface area (Å²) in [5.41, 5.74) is 5.67. The summed E-state index contributed by atoms with van der Waals surface area (Å²) in [4.78, 5) is 24.4. The Balaban J connectivity index is 1.97. The van der Waals surface area contributed by atoms with Crippen molar-refractivity contribution < 1.29 is 9.59 Å². The van der Waals surface area contributed by atoms with Crippen molar-refractivity contribution in [1.29, 1.82) is 0 Å². The molecule has 2 aliphatic rings. The first-order valence-corrected chi connectivity index (χ1v) is 9.18. The minimum Gasteiger partial charge on any atom is -0.369 e. The number of hydrogen-bond donors (Lipinski definition) is 2. The second-order valence-electron chi connectivity index (χ2n) is 7.27. The molecule has 4 nitrogen and oxygen atoms in total. The lowest BCUT2D eigenvalue weighted by Gasteiger charge is -2.32. The fourth-order valence-corrected chi connectivity index (χ4v) is 4.10. The maximum Gasteiger partial charge on any atom is 0.223 e. The van der Waals surface area contributed by atoms with E-state index in [-0.39, 0.29) is 23.7 Å². The van der Waals surface area contributed by atoms with Gasteiger partial charge in [0.25, 0.3) is 0 Å².